The van der Waals surface area contributed by atoms with Crippen molar-refractivity contribution in [2.75, 3.05) is 0 Å². The van der Waals surface area contributed by atoms with Crippen molar-refractivity contribution in [3.8, 4) is 0 Å². The van der Waals surface area contributed by atoms with Gasteiger partial charge in [0.1, 0.15) is 0 Å². The number of nitrogens with one attached hydrogen (secondary N) is 1. The molecule has 0 radical (unpaired) electrons. The Kier molecular flexibility index (Phi) is 3.72. The Morgan fingerprint density at radius 1 is 1.11 bits per heavy atom. The van der Waals surface area contributed by atoms with Crippen LogP contribution in [0.5, 0.6) is 0 Å². The molecule has 1 heterocycles. The smallest absolute Gasteiger partial charge is 0.0302 e. The first kappa shape index (κ1) is 12.9. The van der Waals surface area contributed by atoms with Gasteiger partial charge in [0, 0.05) is 22.3 Å². The summed E-state index contributed by atoms with van der Waals surface area (Å²) >= 11 is 1.90. The summed E-state index contributed by atoms with van der Waals surface area (Å²) in [6.45, 7) is 5.43. The normalized spacial score (nSPS) is 22.2. The first-order valence-electron chi connectivity index (χ1n) is 7.06. The maximum absolute atomic E-state index is 3.68. The average Bonchev–Trinajstić information content (AvgIpc) is 2.75. The Morgan fingerprint density at radius 3 is 2.58 bits per heavy atom. The molecule has 1 aliphatic carbocycles. The number of benzene rings is 1. The van der Waals surface area contributed by atoms with Gasteiger partial charge in [0.2, 0.25) is 0 Å². The summed E-state index contributed by atoms with van der Waals surface area (Å²) in [5.41, 5.74) is 2.99. The van der Waals surface area contributed by atoms with Gasteiger partial charge in [0.05, 0.1) is 0 Å². The third-order valence-corrected chi connectivity index (χ3v) is 5.13. The van der Waals surface area contributed by atoms with Gasteiger partial charge in [-0.1, -0.05) is 24.3 Å². The molecule has 0 aliphatic heterocycles. The van der Waals surface area contributed by atoms with E-state index in [-0.39, 0.29) is 0 Å². The van der Waals surface area contributed by atoms with Gasteiger partial charge >= 0.3 is 0 Å². The molecule has 2 aromatic rings. The SMILES string of the molecule is Cc1ccc(CNC2CC(c3ccccc3C)C2)s1. The highest BCUT2D eigenvalue weighted by molar-refractivity contribution is 7.11. The zero-order valence-corrected chi connectivity index (χ0v) is 12.5. The number of aryl methyl sites for hydroxylation is 2. The lowest BCUT2D eigenvalue weighted by Gasteiger charge is -2.37. The largest absolute Gasteiger partial charge is 0.309 e. The molecule has 0 bridgehead atoms. The van der Waals surface area contributed by atoms with E-state index in [4.69, 9.17) is 0 Å². The van der Waals surface area contributed by atoms with Crippen LogP contribution in [0.2, 0.25) is 0 Å². The molecule has 1 saturated carbocycles. The van der Waals surface area contributed by atoms with E-state index in [1.807, 2.05) is 11.3 Å². The molecule has 100 valence electrons. The van der Waals surface area contributed by atoms with Crippen LogP contribution in [0.3, 0.4) is 0 Å². The fraction of sp³-hybridized carbons (Fsp3) is 0.412. The van der Waals surface area contributed by atoms with Gasteiger partial charge in [-0.15, -0.1) is 11.3 Å². The number of thiophene rings is 1. The van der Waals surface area contributed by atoms with Crippen molar-refractivity contribution in [3.63, 3.8) is 0 Å². The predicted octanol–water partition coefficient (Wildman–Crippen LogP) is 4.40. The number of rotatable bonds is 4. The van der Waals surface area contributed by atoms with Crippen LogP contribution < -0.4 is 5.32 Å². The topological polar surface area (TPSA) is 12.0 Å². The fourth-order valence-corrected chi connectivity index (χ4v) is 3.75. The van der Waals surface area contributed by atoms with Gasteiger partial charge in [-0.3, -0.25) is 0 Å². The van der Waals surface area contributed by atoms with E-state index >= 15 is 0 Å². The molecule has 0 spiro atoms. The van der Waals surface area contributed by atoms with Crippen molar-refractivity contribution in [2.24, 2.45) is 0 Å². The van der Waals surface area contributed by atoms with Crippen LogP contribution in [-0.4, -0.2) is 6.04 Å². The van der Waals surface area contributed by atoms with Gasteiger partial charge in [-0.2, -0.15) is 0 Å². The van der Waals surface area contributed by atoms with Crippen molar-refractivity contribution in [1.29, 1.82) is 0 Å². The van der Waals surface area contributed by atoms with E-state index in [2.05, 4.69) is 55.6 Å². The van der Waals surface area contributed by atoms with Crippen LogP contribution >= 0.6 is 11.3 Å². The predicted molar refractivity (Wildman–Crippen MR) is 82.8 cm³/mol. The van der Waals surface area contributed by atoms with Crippen molar-refractivity contribution < 1.29 is 0 Å². The van der Waals surface area contributed by atoms with E-state index < -0.39 is 0 Å². The second-order valence-electron chi connectivity index (χ2n) is 5.62. The quantitative estimate of drug-likeness (QED) is 0.869. The van der Waals surface area contributed by atoms with Crippen LogP contribution in [-0.2, 0) is 6.54 Å². The Morgan fingerprint density at radius 2 is 1.89 bits per heavy atom. The first-order chi connectivity index (χ1) is 9.22. The molecular formula is C17H21NS. The Bertz CT molecular complexity index is 552. The van der Waals surface area contributed by atoms with E-state index in [9.17, 15) is 0 Å². The molecule has 1 aromatic carbocycles. The van der Waals surface area contributed by atoms with E-state index in [0.717, 1.165) is 12.5 Å². The van der Waals surface area contributed by atoms with Crippen molar-refractivity contribution in [1.82, 2.24) is 5.32 Å². The van der Waals surface area contributed by atoms with Crippen molar-refractivity contribution in [2.45, 2.75) is 45.2 Å². The summed E-state index contributed by atoms with van der Waals surface area (Å²) in [4.78, 5) is 2.86. The zero-order chi connectivity index (χ0) is 13.2. The molecule has 0 amide bonds. The van der Waals surface area contributed by atoms with Gasteiger partial charge in [0.25, 0.3) is 0 Å². The first-order valence-corrected chi connectivity index (χ1v) is 7.88. The molecule has 3 rings (SSSR count). The summed E-state index contributed by atoms with van der Waals surface area (Å²) in [5.74, 6) is 0.767. The summed E-state index contributed by atoms with van der Waals surface area (Å²) < 4.78 is 0. The van der Waals surface area contributed by atoms with Crippen LogP contribution in [0.25, 0.3) is 0 Å². The molecule has 1 aromatic heterocycles. The lowest BCUT2D eigenvalue weighted by Crippen LogP contribution is -2.39. The second-order valence-corrected chi connectivity index (χ2v) is 6.99. The third-order valence-electron chi connectivity index (χ3n) is 4.13. The molecular weight excluding hydrogens is 250 g/mol. The molecule has 1 fully saturated rings. The Hall–Kier alpha value is -1.12. The minimum atomic E-state index is 0.701. The zero-order valence-electron chi connectivity index (χ0n) is 11.6. The van der Waals surface area contributed by atoms with Gasteiger partial charge in [0.15, 0.2) is 0 Å². The summed E-state index contributed by atoms with van der Waals surface area (Å²) in [6, 6.07) is 14.0. The number of hydrogen-bond donors (Lipinski definition) is 1. The highest BCUT2D eigenvalue weighted by Crippen LogP contribution is 2.38. The number of hydrogen-bond acceptors (Lipinski definition) is 2. The standard InChI is InChI=1S/C17H21NS/c1-12-5-3-4-6-17(12)14-9-15(10-14)18-11-16-8-7-13(2)19-16/h3-8,14-15,18H,9-11H2,1-2H3. The maximum Gasteiger partial charge on any atom is 0.0302 e. The lowest BCUT2D eigenvalue weighted by molar-refractivity contribution is 0.289. The summed E-state index contributed by atoms with van der Waals surface area (Å²) in [5, 5.41) is 3.68. The maximum atomic E-state index is 3.68. The monoisotopic (exact) mass is 271 g/mol. The molecule has 0 saturated heterocycles. The molecule has 1 aliphatic rings. The van der Waals surface area contributed by atoms with E-state index in [1.165, 1.54) is 28.2 Å². The minimum Gasteiger partial charge on any atom is -0.309 e. The van der Waals surface area contributed by atoms with Gasteiger partial charge < -0.3 is 5.32 Å². The molecule has 19 heavy (non-hydrogen) atoms. The van der Waals surface area contributed by atoms with E-state index in [0.29, 0.717) is 6.04 Å². The fourth-order valence-electron chi connectivity index (χ4n) is 2.91. The van der Waals surface area contributed by atoms with Gasteiger partial charge in [-0.05, 0) is 55.9 Å². The molecule has 1 nitrogen and oxygen atoms in total. The van der Waals surface area contributed by atoms with Gasteiger partial charge in [-0.25, -0.2) is 0 Å². The minimum absolute atomic E-state index is 0.701. The van der Waals surface area contributed by atoms with Crippen molar-refractivity contribution in [3.05, 3.63) is 57.3 Å². The summed E-state index contributed by atoms with van der Waals surface area (Å²) in [6.07, 6.45) is 2.57. The summed E-state index contributed by atoms with van der Waals surface area (Å²) in [7, 11) is 0. The lowest BCUT2D eigenvalue weighted by atomic mass is 9.74. The molecule has 2 heteroatoms. The van der Waals surface area contributed by atoms with Crippen LogP contribution in [0, 0.1) is 13.8 Å². The van der Waals surface area contributed by atoms with Crippen LogP contribution in [0.4, 0.5) is 0 Å². The Labute approximate surface area is 119 Å². The molecule has 0 atom stereocenters. The van der Waals surface area contributed by atoms with Crippen LogP contribution in [0.1, 0.15) is 39.6 Å². The second kappa shape index (κ2) is 5.48. The third kappa shape index (κ3) is 2.90. The van der Waals surface area contributed by atoms with Crippen LogP contribution in [0.15, 0.2) is 36.4 Å². The molecule has 0 unspecified atom stereocenters. The van der Waals surface area contributed by atoms with E-state index in [1.54, 1.807) is 5.56 Å². The molecule has 1 N–H and O–H groups in total. The van der Waals surface area contributed by atoms with Crippen molar-refractivity contribution >= 4 is 11.3 Å². The Balaban J connectivity index is 1.49. The average molecular weight is 271 g/mol. The highest BCUT2D eigenvalue weighted by Gasteiger charge is 2.30. The highest BCUT2D eigenvalue weighted by atomic mass is 32.1.